The first-order valence-electron chi connectivity index (χ1n) is 8.59. The maximum Gasteiger partial charge on any atom is 0.407 e. The van der Waals surface area contributed by atoms with Gasteiger partial charge in [0.2, 0.25) is 5.89 Å². The third-order valence-electron chi connectivity index (χ3n) is 4.13. The molecule has 1 fully saturated rings. The van der Waals surface area contributed by atoms with Crippen molar-refractivity contribution in [3.8, 4) is 0 Å². The van der Waals surface area contributed by atoms with Crippen LogP contribution in [0.2, 0.25) is 0 Å². The highest BCUT2D eigenvalue weighted by molar-refractivity contribution is 8.00. The first kappa shape index (κ1) is 19.0. The van der Waals surface area contributed by atoms with E-state index in [2.05, 4.69) is 36.1 Å². The van der Waals surface area contributed by atoms with E-state index < -0.39 is 6.09 Å². The van der Waals surface area contributed by atoms with Crippen LogP contribution < -0.4 is 5.32 Å². The van der Waals surface area contributed by atoms with E-state index in [0.29, 0.717) is 24.7 Å². The monoisotopic (exact) mass is 396 g/mol. The Morgan fingerprint density at radius 3 is 2.96 bits per heavy atom. The van der Waals surface area contributed by atoms with Crippen molar-refractivity contribution in [1.29, 1.82) is 0 Å². The summed E-state index contributed by atoms with van der Waals surface area (Å²) in [6.45, 7) is 7.41. The third-order valence-corrected chi connectivity index (χ3v) is 6.24. The number of aromatic nitrogens is 2. The van der Waals surface area contributed by atoms with Crippen LogP contribution in [-0.2, 0) is 11.2 Å². The Morgan fingerprint density at radius 1 is 1.46 bits per heavy atom. The largest absolute Gasteiger partial charge is 0.465 e. The first-order valence-corrected chi connectivity index (χ1v) is 10.4. The fourth-order valence-corrected chi connectivity index (χ4v) is 4.50. The number of nitrogens with zero attached hydrogens (tertiary/aromatic N) is 3. The van der Waals surface area contributed by atoms with Gasteiger partial charge in [-0.3, -0.25) is 0 Å². The number of amides is 1. The van der Waals surface area contributed by atoms with Crippen LogP contribution in [0.25, 0.3) is 0 Å². The fourth-order valence-electron chi connectivity index (χ4n) is 2.69. The quantitative estimate of drug-likeness (QED) is 0.729. The van der Waals surface area contributed by atoms with E-state index in [1.807, 2.05) is 6.20 Å². The van der Waals surface area contributed by atoms with E-state index in [0.717, 1.165) is 27.9 Å². The lowest BCUT2D eigenvalue weighted by Crippen LogP contribution is -2.44. The van der Waals surface area contributed by atoms with Crippen LogP contribution in [0.4, 0.5) is 9.93 Å². The Kier molecular flexibility index (Phi) is 5.76. The number of carbonyl (C=O) groups is 1. The number of hydrogen-bond donors (Lipinski definition) is 2. The van der Waals surface area contributed by atoms with Gasteiger partial charge < -0.3 is 19.7 Å². The smallest absolute Gasteiger partial charge is 0.407 e. The molecular weight excluding hydrogens is 372 g/mol. The molecule has 0 saturated carbocycles. The molecule has 2 N–H and O–H groups in total. The molecule has 1 saturated heterocycles. The first-order chi connectivity index (χ1) is 12.3. The van der Waals surface area contributed by atoms with Crippen molar-refractivity contribution in [3.63, 3.8) is 0 Å². The number of piperidine rings is 1. The average molecular weight is 397 g/mol. The molecule has 0 bridgehead atoms. The van der Waals surface area contributed by atoms with Gasteiger partial charge in [0.25, 0.3) is 0 Å². The summed E-state index contributed by atoms with van der Waals surface area (Å²) in [5, 5.41) is 13.3. The third kappa shape index (κ3) is 4.91. The Hall–Kier alpha value is -1.74. The minimum Gasteiger partial charge on any atom is -0.465 e. The van der Waals surface area contributed by atoms with Gasteiger partial charge in [-0.05, 0) is 12.8 Å². The van der Waals surface area contributed by atoms with Crippen molar-refractivity contribution in [1.82, 2.24) is 14.9 Å². The van der Waals surface area contributed by atoms with Gasteiger partial charge in [-0.1, -0.05) is 32.1 Å². The van der Waals surface area contributed by atoms with E-state index in [-0.39, 0.29) is 11.5 Å². The Morgan fingerprint density at radius 2 is 2.27 bits per heavy atom. The highest BCUT2D eigenvalue weighted by Crippen LogP contribution is 2.32. The van der Waals surface area contributed by atoms with Gasteiger partial charge in [0.1, 0.15) is 5.76 Å². The molecule has 2 aromatic rings. The second-order valence-electron chi connectivity index (χ2n) is 7.35. The molecule has 1 atom stereocenters. The molecule has 2 aromatic heterocycles. The van der Waals surface area contributed by atoms with Crippen LogP contribution in [0.5, 0.6) is 0 Å². The molecule has 7 nitrogen and oxygen atoms in total. The zero-order valence-corrected chi connectivity index (χ0v) is 16.8. The summed E-state index contributed by atoms with van der Waals surface area (Å²) in [5.74, 6) is 2.26. The molecule has 1 aliphatic rings. The molecule has 0 spiro atoms. The topological polar surface area (TPSA) is 91.5 Å². The fraction of sp³-hybridized carbons (Fsp3) is 0.588. The molecule has 26 heavy (non-hydrogen) atoms. The Bertz CT molecular complexity index is 753. The summed E-state index contributed by atoms with van der Waals surface area (Å²) in [6, 6.07) is 0.116. The summed E-state index contributed by atoms with van der Waals surface area (Å²) < 4.78 is 6.89. The maximum atomic E-state index is 11.1. The van der Waals surface area contributed by atoms with Gasteiger partial charge in [0.05, 0.1) is 22.4 Å². The SMILES string of the molecule is CC(C)(C)c1cnc(CSc2cnc(NC3CCCN(C(=O)O)C3)s2)o1. The van der Waals surface area contributed by atoms with Crippen LogP contribution in [0.3, 0.4) is 0 Å². The van der Waals surface area contributed by atoms with Crippen LogP contribution in [0.15, 0.2) is 21.0 Å². The zero-order valence-electron chi connectivity index (χ0n) is 15.2. The minimum absolute atomic E-state index is 0.0404. The molecule has 3 heterocycles. The average Bonchev–Trinajstić information content (AvgIpc) is 3.22. The van der Waals surface area contributed by atoms with Gasteiger partial charge in [-0.25, -0.2) is 14.8 Å². The number of likely N-dealkylation sites (tertiary alicyclic amines) is 1. The molecule has 1 amide bonds. The minimum atomic E-state index is -0.854. The number of carboxylic acid groups (broad SMARTS) is 1. The van der Waals surface area contributed by atoms with Crippen LogP contribution in [-0.4, -0.2) is 45.2 Å². The second-order valence-corrected chi connectivity index (χ2v) is 9.66. The standard InChI is InChI=1S/C17H24N4O3S2/c1-17(2,3)12-7-18-13(24-12)10-25-14-8-19-15(26-14)20-11-5-4-6-21(9-11)16(22)23/h7-8,11H,4-6,9-10H2,1-3H3,(H,19,20)(H,22,23). The molecule has 9 heteroatoms. The molecule has 0 aliphatic carbocycles. The molecule has 1 aliphatic heterocycles. The predicted octanol–water partition coefficient (Wildman–Crippen LogP) is 4.28. The Balaban J connectivity index is 1.52. The van der Waals surface area contributed by atoms with Crippen LogP contribution >= 0.6 is 23.1 Å². The summed E-state index contributed by atoms with van der Waals surface area (Å²) in [4.78, 5) is 21.3. The number of oxazole rings is 1. The van der Waals surface area contributed by atoms with Gasteiger partial charge in [0, 0.05) is 24.5 Å². The predicted molar refractivity (Wildman–Crippen MR) is 103 cm³/mol. The number of anilines is 1. The zero-order chi connectivity index (χ0) is 18.7. The van der Waals surface area contributed by atoms with Crippen molar-refractivity contribution in [2.75, 3.05) is 18.4 Å². The van der Waals surface area contributed by atoms with Gasteiger partial charge >= 0.3 is 6.09 Å². The second kappa shape index (κ2) is 7.87. The van der Waals surface area contributed by atoms with Crippen molar-refractivity contribution < 1.29 is 14.3 Å². The lowest BCUT2D eigenvalue weighted by molar-refractivity contribution is 0.133. The number of rotatable bonds is 5. The molecule has 0 aromatic carbocycles. The number of hydrogen-bond acceptors (Lipinski definition) is 7. The van der Waals surface area contributed by atoms with Crippen LogP contribution in [0, 0.1) is 0 Å². The summed E-state index contributed by atoms with van der Waals surface area (Å²) in [7, 11) is 0. The molecule has 1 unspecified atom stereocenters. The summed E-state index contributed by atoms with van der Waals surface area (Å²) >= 11 is 3.21. The highest BCUT2D eigenvalue weighted by Gasteiger charge is 2.24. The van der Waals surface area contributed by atoms with Crippen molar-refractivity contribution in [2.45, 2.75) is 55.0 Å². The Labute approximate surface area is 161 Å². The number of thiazole rings is 1. The van der Waals surface area contributed by atoms with Gasteiger partial charge in [-0.15, -0.1) is 11.8 Å². The van der Waals surface area contributed by atoms with E-state index in [1.165, 1.54) is 4.90 Å². The summed E-state index contributed by atoms with van der Waals surface area (Å²) in [6.07, 6.45) is 4.61. The number of thioether (sulfide) groups is 1. The lowest BCUT2D eigenvalue weighted by atomic mass is 9.94. The van der Waals surface area contributed by atoms with E-state index >= 15 is 0 Å². The maximum absolute atomic E-state index is 11.1. The molecular formula is C17H24N4O3S2. The van der Waals surface area contributed by atoms with Gasteiger partial charge in [-0.2, -0.15) is 0 Å². The van der Waals surface area contributed by atoms with Crippen LogP contribution in [0.1, 0.15) is 45.3 Å². The summed E-state index contributed by atoms with van der Waals surface area (Å²) in [5.41, 5.74) is -0.0404. The lowest BCUT2D eigenvalue weighted by Gasteiger charge is -2.30. The molecule has 0 radical (unpaired) electrons. The normalized spacial score (nSPS) is 18.1. The molecule has 3 rings (SSSR count). The van der Waals surface area contributed by atoms with E-state index in [9.17, 15) is 4.79 Å². The highest BCUT2D eigenvalue weighted by atomic mass is 32.2. The molecule has 142 valence electrons. The number of nitrogens with one attached hydrogen (secondary N) is 1. The van der Waals surface area contributed by atoms with Crippen molar-refractivity contribution in [3.05, 3.63) is 24.0 Å². The van der Waals surface area contributed by atoms with Gasteiger partial charge in [0.15, 0.2) is 5.13 Å². The van der Waals surface area contributed by atoms with E-state index in [1.54, 1.807) is 29.3 Å². The van der Waals surface area contributed by atoms with E-state index in [4.69, 9.17) is 9.52 Å². The van der Waals surface area contributed by atoms with Crippen molar-refractivity contribution in [2.24, 2.45) is 0 Å². The van der Waals surface area contributed by atoms with Crippen molar-refractivity contribution >= 4 is 34.3 Å².